The maximum Gasteiger partial charge on any atom is 0.421 e. The summed E-state index contributed by atoms with van der Waals surface area (Å²) in [6, 6.07) is 12.7. The van der Waals surface area contributed by atoms with Crippen LogP contribution in [0.1, 0.15) is 56.7 Å². The smallest absolute Gasteiger partial charge is 0.421 e. The van der Waals surface area contributed by atoms with Crippen molar-refractivity contribution in [2.75, 3.05) is 35.3 Å². The van der Waals surface area contributed by atoms with E-state index in [0.717, 1.165) is 22.9 Å². The fraction of sp³-hybridized carbons (Fsp3) is 0.412. The first-order valence-corrected chi connectivity index (χ1v) is 16.1. The Morgan fingerprint density at radius 1 is 0.980 bits per heavy atom. The summed E-state index contributed by atoms with van der Waals surface area (Å²) >= 11 is 0. The summed E-state index contributed by atoms with van der Waals surface area (Å²) in [7, 11) is 1.49. The highest BCUT2D eigenvalue weighted by atomic mass is 19.4. The molecule has 1 unspecified atom stereocenters. The maximum atomic E-state index is 13.9. The van der Waals surface area contributed by atoms with Gasteiger partial charge in [-0.15, -0.1) is 0 Å². The zero-order valence-electron chi connectivity index (χ0n) is 27.4. The Labute approximate surface area is 281 Å². The predicted molar refractivity (Wildman–Crippen MR) is 177 cm³/mol. The van der Waals surface area contributed by atoms with Gasteiger partial charge >= 0.3 is 18.2 Å². The summed E-state index contributed by atoms with van der Waals surface area (Å²) in [6.45, 7) is 3.58. The van der Waals surface area contributed by atoms with E-state index in [9.17, 15) is 23.1 Å². The number of benzene rings is 1. The molecule has 2 fully saturated rings. The van der Waals surface area contributed by atoms with Crippen LogP contribution < -0.4 is 25.2 Å². The lowest BCUT2D eigenvalue weighted by Crippen LogP contribution is -2.60. The van der Waals surface area contributed by atoms with Crippen molar-refractivity contribution in [3.8, 4) is 17.1 Å². The van der Waals surface area contributed by atoms with Gasteiger partial charge in [0, 0.05) is 61.1 Å². The van der Waals surface area contributed by atoms with Crippen LogP contribution in [0.4, 0.5) is 35.5 Å². The lowest BCUT2D eigenvalue weighted by atomic mass is 9.90. The third kappa shape index (κ3) is 7.82. The second-order valence-corrected chi connectivity index (χ2v) is 12.7. The van der Waals surface area contributed by atoms with E-state index in [4.69, 9.17) is 4.74 Å². The van der Waals surface area contributed by atoms with Crippen LogP contribution in [0.5, 0.6) is 6.01 Å². The van der Waals surface area contributed by atoms with Crippen LogP contribution in [0.15, 0.2) is 67.3 Å². The summed E-state index contributed by atoms with van der Waals surface area (Å²) < 4.78 is 46.3. The van der Waals surface area contributed by atoms with Gasteiger partial charge in [-0.05, 0) is 57.2 Å². The van der Waals surface area contributed by atoms with E-state index in [1.807, 2.05) is 43.3 Å². The van der Waals surface area contributed by atoms with Crippen LogP contribution in [-0.4, -0.2) is 73.9 Å². The number of carbonyl (C=O) groups is 1. The summed E-state index contributed by atoms with van der Waals surface area (Å²) in [5, 5.41) is 16.4. The number of ether oxygens (including phenoxy) is 1. The Balaban J connectivity index is 1.18. The predicted octanol–water partition coefficient (Wildman–Crippen LogP) is 5.63. The molecular formula is C34H38F3N9O3. The van der Waals surface area contributed by atoms with Gasteiger partial charge < -0.3 is 25.4 Å². The molecule has 15 heteroatoms. The first-order chi connectivity index (χ1) is 23.4. The molecule has 0 spiro atoms. The summed E-state index contributed by atoms with van der Waals surface area (Å²) in [4.78, 5) is 38.2. The molecule has 1 aliphatic carbocycles. The van der Waals surface area contributed by atoms with Gasteiger partial charge in [0.1, 0.15) is 17.2 Å². The molecule has 4 aromatic rings. The molecule has 3 aromatic heterocycles. The molecule has 49 heavy (non-hydrogen) atoms. The lowest BCUT2D eigenvalue weighted by Gasteiger charge is -2.45. The molecule has 1 saturated carbocycles. The van der Waals surface area contributed by atoms with Crippen molar-refractivity contribution in [2.45, 2.75) is 69.4 Å². The largest absolute Gasteiger partial charge is 0.467 e. The van der Waals surface area contributed by atoms with Crippen LogP contribution in [0.25, 0.3) is 11.1 Å². The Hall–Kier alpha value is -5.05. The molecule has 3 N–H and O–H groups in total. The molecular weight excluding hydrogens is 639 g/mol. The number of aliphatic hydroxyl groups is 1. The summed E-state index contributed by atoms with van der Waals surface area (Å²) in [5.74, 6) is 0.314. The van der Waals surface area contributed by atoms with Crippen LogP contribution in [0, 0.1) is 0 Å². The molecule has 0 radical (unpaired) electrons. The van der Waals surface area contributed by atoms with Crippen LogP contribution in [-0.2, 0) is 6.18 Å². The number of rotatable bonds is 9. The molecule has 6 rings (SSSR count). The van der Waals surface area contributed by atoms with Crippen LogP contribution in [0.3, 0.4) is 0 Å². The van der Waals surface area contributed by atoms with E-state index in [2.05, 4.69) is 35.6 Å². The zero-order valence-corrected chi connectivity index (χ0v) is 27.4. The Bertz CT molecular complexity index is 1730. The van der Waals surface area contributed by atoms with Gasteiger partial charge in [0.2, 0.25) is 5.95 Å². The first-order valence-electron chi connectivity index (χ1n) is 16.1. The van der Waals surface area contributed by atoms with E-state index in [1.165, 1.54) is 12.0 Å². The standard InChI is InChI=1S/C34H38F3N9O3/c1-21(22-7-5-4-6-8-22)42-32(47)46(28-14-9-23(15-38-28)24-16-40-31(49-3)41-17-24)26-12-10-25(11-13-26)43-30-39-18-27(34(35,36)37)29(44-30)45-19-33(2,48)20-45/h4-9,14-18,21,25-26,48H,10-13,19-20H2,1-3H3,(H,42,47)(H,39,43,44). The zero-order chi connectivity index (χ0) is 34.8. The van der Waals surface area contributed by atoms with Gasteiger partial charge in [-0.1, -0.05) is 30.3 Å². The highest BCUT2D eigenvalue weighted by Gasteiger charge is 2.43. The number of nitrogens with zero attached hydrogens (tertiary/aromatic N) is 7. The topological polar surface area (TPSA) is 142 Å². The SMILES string of the molecule is COc1ncc(-c2ccc(N(C(=O)NC(C)c3ccccc3)C3CCC(Nc4ncc(C(F)(F)F)c(N5CC(C)(O)C5)n4)CC3)nc2)cn1. The second-order valence-electron chi connectivity index (χ2n) is 12.7. The van der Waals surface area contributed by atoms with Crippen molar-refractivity contribution in [1.29, 1.82) is 0 Å². The Kier molecular flexibility index (Phi) is 9.54. The van der Waals surface area contributed by atoms with Crippen LogP contribution >= 0.6 is 0 Å². The monoisotopic (exact) mass is 677 g/mol. The highest BCUT2D eigenvalue weighted by molar-refractivity contribution is 5.92. The molecule has 1 aliphatic heterocycles. The minimum Gasteiger partial charge on any atom is -0.467 e. The number of urea groups is 1. The van der Waals surface area contributed by atoms with Crippen molar-refractivity contribution < 1.29 is 27.8 Å². The van der Waals surface area contributed by atoms with Crippen molar-refractivity contribution in [2.24, 2.45) is 0 Å². The minimum atomic E-state index is -4.63. The summed E-state index contributed by atoms with van der Waals surface area (Å²) in [5.41, 5.74) is 0.463. The van der Waals surface area contributed by atoms with Crippen molar-refractivity contribution >= 4 is 23.6 Å². The molecule has 258 valence electrons. The number of amides is 2. The molecule has 12 nitrogen and oxygen atoms in total. The summed E-state index contributed by atoms with van der Waals surface area (Å²) in [6.07, 6.45) is 3.53. The number of nitrogens with one attached hydrogen (secondary N) is 2. The van der Waals surface area contributed by atoms with Gasteiger partial charge in [0.05, 0.1) is 18.8 Å². The fourth-order valence-corrected chi connectivity index (χ4v) is 6.28. The van der Waals surface area contributed by atoms with Crippen molar-refractivity contribution in [3.63, 3.8) is 0 Å². The molecule has 2 amide bonds. The normalized spacial score (nSPS) is 19.4. The number of anilines is 3. The highest BCUT2D eigenvalue weighted by Crippen LogP contribution is 2.39. The van der Waals surface area contributed by atoms with Crippen LogP contribution in [0.2, 0.25) is 0 Å². The van der Waals surface area contributed by atoms with Gasteiger partial charge in [-0.25, -0.2) is 24.7 Å². The molecule has 2 aliphatic rings. The average molecular weight is 678 g/mol. The number of methoxy groups -OCH3 is 1. The number of alkyl halides is 3. The number of aromatic nitrogens is 5. The van der Waals surface area contributed by atoms with E-state index in [-0.39, 0.29) is 55.0 Å². The molecule has 1 saturated heterocycles. The Morgan fingerprint density at radius 3 is 2.24 bits per heavy atom. The average Bonchev–Trinajstić information content (AvgIpc) is 3.08. The van der Waals surface area contributed by atoms with E-state index < -0.39 is 17.3 Å². The second kappa shape index (κ2) is 13.8. The third-order valence-corrected chi connectivity index (χ3v) is 8.83. The quantitative estimate of drug-likeness (QED) is 0.204. The number of β-amino-alcohol motifs (C(OH)–C–C–N with tert-alkyl or cyclic N) is 1. The Morgan fingerprint density at radius 2 is 1.65 bits per heavy atom. The van der Waals surface area contributed by atoms with Crippen molar-refractivity contribution in [3.05, 3.63) is 78.4 Å². The third-order valence-electron chi connectivity index (χ3n) is 8.83. The number of carbonyl (C=O) groups excluding carboxylic acids is 1. The fourth-order valence-electron chi connectivity index (χ4n) is 6.28. The van der Waals surface area contributed by atoms with E-state index >= 15 is 0 Å². The van der Waals surface area contributed by atoms with E-state index in [1.54, 1.807) is 36.5 Å². The molecule has 1 atom stereocenters. The molecule has 0 bridgehead atoms. The van der Waals surface area contributed by atoms with Crippen molar-refractivity contribution in [1.82, 2.24) is 30.2 Å². The number of halogens is 3. The molecule has 1 aromatic carbocycles. The number of hydrogen-bond acceptors (Lipinski definition) is 10. The van der Waals surface area contributed by atoms with Gasteiger partial charge in [-0.3, -0.25) is 4.90 Å². The number of hydrogen-bond donors (Lipinski definition) is 3. The van der Waals surface area contributed by atoms with E-state index in [0.29, 0.717) is 31.5 Å². The maximum absolute atomic E-state index is 13.9. The van der Waals surface area contributed by atoms with Gasteiger partial charge in [0.15, 0.2) is 0 Å². The van der Waals surface area contributed by atoms with Gasteiger partial charge in [0.25, 0.3) is 0 Å². The first kappa shape index (κ1) is 33.8. The molecule has 4 heterocycles. The minimum absolute atomic E-state index is 0.0430. The van der Waals surface area contributed by atoms with Gasteiger partial charge in [-0.2, -0.15) is 18.2 Å². The lowest BCUT2D eigenvalue weighted by molar-refractivity contribution is -0.137. The number of pyridine rings is 1.